The van der Waals surface area contributed by atoms with Crippen molar-refractivity contribution in [2.75, 3.05) is 5.32 Å². The molecule has 2 amide bonds. The van der Waals surface area contributed by atoms with E-state index in [-0.39, 0.29) is 0 Å². The first-order valence-electron chi connectivity index (χ1n) is 7.28. The molecule has 23 heavy (non-hydrogen) atoms. The summed E-state index contributed by atoms with van der Waals surface area (Å²) in [5.74, 6) is 0. The average molecular weight is 301 g/mol. The van der Waals surface area contributed by atoms with Crippen LogP contribution in [0.1, 0.15) is 11.6 Å². The predicted octanol–water partition coefficient (Wildman–Crippen LogP) is 4.23. The first-order chi connectivity index (χ1) is 11.3. The fourth-order valence-corrected chi connectivity index (χ4v) is 2.46. The van der Waals surface area contributed by atoms with Gasteiger partial charge in [-0.25, -0.2) is 4.79 Å². The Hall–Kier alpha value is -3.32. The molecule has 1 unspecified atom stereocenters. The van der Waals surface area contributed by atoms with Gasteiger partial charge >= 0.3 is 6.03 Å². The van der Waals surface area contributed by atoms with Gasteiger partial charge in [-0.2, -0.15) is 5.26 Å². The second-order valence-corrected chi connectivity index (χ2v) is 5.10. The highest BCUT2D eigenvalue weighted by Gasteiger charge is 2.14. The minimum atomic E-state index is -0.689. The highest BCUT2D eigenvalue weighted by molar-refractivity contribution is 6.01. The number of benzene rings is 3. The molecule has 1 atom stereocenters. The Balaban J connectivity index is 1.77. The SMILES string of the molecule is N#CC(NC(=O)Nc1cccc2ccccc12)c1ccccc1. The second-order valence-electron chi connectivity index (χ2n) is 5.10. The summed E-state index contributed by atoms with van der Waals surface area (Å²) in [5, 5.41) is 16.8. The molecule has 4 heteroatoms. The summed E-state index contributed by atoms with van der Waals surface area (Å²) in [4.78, 5) is 12.2. The van der Waals surface area contributed by atoms with E-state index in [2.05, 4.69) is 16.7 Å². The molecule has 0 heterocycles. The minimum Gasteiger partial charge on any atom is -0.318 e. The second kappa shape index (κ2) is 6.63. The lowest BCUT2D eigenvalue weighted by molar-refractivity contribution is 0.250. The Morgan fingerprint density at radius 3 is 2.39 bits per heavy atom. The van der Waals surface area contributed by atoms with Crippen molar-refractivity contribution in [3.63, 3.8) is 0 Å². The number of amides is 2. The van der Waals surface area contributed by atoms with E-state index >= 15 is 0 Å². The molecule has 0 fully saturated rings. The molecule has 0 spiro atoms. The lowest BCUT2D eigenvalue weighted by Gasteiger charge is -2.14. The van der Waals surface area contributed by atoms with Crippen LogP contribution in [0.5, 0.6) is 0 Å². The summed E-state index contributed by atoms with van der Waals surface area (Å²) in [7, 11) is 0. The Morgan fingerprint density at radius 1 is 0.913 bits per heavy atom. The molecule has 112 valence electrons. The molecular formula is C19H15N3O. The van der Waals surface area contributed by atoms with Crippen molar-refractivity contribution in [1.29, 1.82) is 5.26 Å². The number of anilines is 1. The quantitative estimate of drug-likeness (QED) is 0.760. The average Bonchev–Trinajstić information content (AvgIpc) is 2.61. The van der Waals surface area contributed by atoms with Gasteiger partial charge in [0.25, 0.3) is 0 Å². The van der Waals surface area contributed by atoms with Crippen LogP contribution in [0.25, 0.3) is 10.8 Å². The number of nitrogens with one attached hydrogen (secondary N) is 2. The first-order valence-corrected chi connectivity index (χ1v) is 7.28. The molecule has 0 aliphatic rings. The summed E-state index contributed by atoms with van der Waals surface area (Å²) in [5.41, 5.74) is 1.47. The standard InChI is InChI=1S/C19H15N3O/c20-13-18(15-8-2-1-3-9-15)22-19(23)21-17-12-6-10-14-7-4-5-11-16(14)17/h1-12,18H,(H2,21,22,23). The Kier molecular flexibility index (Phi) is 4.21. The summed E-state index contributed by atoms with van der Waals surface area (Å²) in [6.45, 7) is 0. The fourth-order valence-electron chi connectivity index (χ4n) is 2.46. The van der Waals surface area contributed by atoms with Gasteiger partial charge in [0.2, 0.25) is 0 Å². The van der Waals surface area contributed by atoms with Crippen molar-refractivity contribution in [2.45, 2.75) is 6.04 Å². The van der Waals surface area contributed by atoms with Gasteiger partial charge in [0.15, 0.2) is 0 Å². The molecule has 0 aliphatic heterocycles. The monoisotopic (exact) mass is 301 g/mol. The predicted molar refractivity (Wildman–Crippen MR) is 90.9 cm³/mol. The van der Waals surface area contributed by atoms with Crippen LogP contribution in [0.2, 0.25) is 0 Å². The third-order valence-electron chi connectivity index (χ3n) is 3.58. The third kappa shape index (κ3) is 3.30. The molecule has 2 N–H and O–H groups in total. The third-order valence-corrected chi connectivity index (χ3v) is 3.58. The lowest BCUT2D eigenvalue weighted by atomic mass is 10.1. The number of hydrogen-bond donors (Lipinski definition) is 2. The number of nitrogens with zero attached hydrogens (tertiary/aromatic N) is 1. The van der Waals surface area contributed by atoms with Gasteiger partial charge in [0.1, 0.15) is 6.04 Å². The minimum absolute atomic E-state index is 0.406. The highest BCUT2D eigenvalue weighted by Crippen LogP contribution is 2.23. The van der Waals surface area contributed by atoms with E-state index in [9.17, 15) is 10.1 Å². The number of carbonyl (C=O) groups excluding carboxylic acids is 1. The van der Waals surface area contributed by atoms with Crippen LogP contribution in [0.4, 0.5) is 10.5 Å². The maximum Gasteiger partial charge on any atom is 0.320 e. The molecule has 0 bridgehead atoms. The number of hydrogen-bond acceptors (Lipinski definition) is 2. The number of carbonyl (C=O) groups is 1. The molecule has 0 aromatic heterocycles. The Labute approximate surface area is 134 Å². The summed E-state index contributed by atoms with van der Waals surface area (Å²) >= 11 is 0. The highest BCUT2D eigenvalue weighted by atomic mass is 16.2. The molecular weight excluding hydrogens is 286 g/mol. The van der Waals surface area contributed by atoms with Gasteiger partial charge in [-0.3, -0.25) is 0 Å². The maximum absolute atomic E-state index is 12.2. The molecule has 0 radical (unpaired) electrons. The van der Waals surface area contributed by atoms with Gasteiger partial charge in [-0.1, -0.05) is 66.7 Å². The molecule has 3 rings (SSSR count). The molecule has 4 nitrogen and oxygen atoms in total. The van der Waals surface area contributed by atoms with Crippen molar-refractivity contribution in [3.8, 4) is 6.07 Å². The Bertz CT molecular complexity index is 863. The largest absolute Gasteiger partial charge is 0.320 e. The van der Waals surface area contributed by atoms with Crippen LogP contribution >= 0.6 is 0 Å². The van der Waals surface area contributed by atoms with Gasteiger partial charge in [-0.05, 0) is 17.0 Å². The van der Waals surface area contributed by atoms with Crippen molar-refractivity contribution in [3.05, 3.63) is 78.4 Å². The van der Waals surface area contributed by atoms with Crippen molar-refractivity contribution >= 4 is 22.5 Å². The number of nitriles is 1. The van der Waals surface area contributed by atoms with Crippen molar-refractivity contribution < 1.29 is 4.79 Å². The smallest absolute Gasteiger partial charge is 0.318 e. The maximum atomic E-state index is 12.2. The van der Waals surface area contributed by atoms with E-state index < -0.39 is 12.1 Å². The van der Waals surface area contributed by atoms with Gasteiger partial charge in [0, 0.05) is 5.39 Å². The number of fused-ring (bicyclic) bond motifs is 1. The molecule has 0 saturated carbocycles. The summed E-state index contributed by atoms with van der Waals surface area (Å²) < 4.78 is 0. The van der Waals surface area contributed by atoms with E-state index in [1.54, 1.807) is 0 Å². The lowest BCUT2D eigenvalue weighted by Crippen LogP contribution is -2.31. The summed E-state index contributed by atoms with van der Waals surface area (Å²) in [6.07, 6.45) is 0. The molecule has 0 saturated heterocycles. The Morgan fingerprint density at radius 2 is 1.61 bits per heavy atom. The topological polar surface area (TPSA) is 64.9 Å². The zero-order chi connectivity index (χ0) is 16.1. The normalized spacial score (nSPS) is 11.4. The molecule has 3 aromatic carbocycles. The first kappa shape index (κ1) is 14.6. The van der Waals surface area contributed by atoms with E-state index in [1.165, 1.54) is 0 Å². The van der Waals surface area contributed by atoms with Crippen LogP contribution in [0.3, 0.4) is 0 Å². The van der Waals surface area contributed by atoms with Crippen LogP contribution in [0.15, 0.2) is 72.8 Å². The van der Waals surface area contributed by atoms with E-state index in [1.807, 2.05) is 72.8 Å². The van der Waals surface area contributed by atoms with Gasteiger partial charge in [-0.15, -0.1) is 0 Å². The van der Waals surface area contributed by atoms with E-state index in [4.69, 9.17) is 0 Å². The van der Waals surface area contributed by atoms with Gasteiger partial charge < -0.3 is 10.6 Å². The molecule has 0 aliphatic carbocycles. The summed E-state index contributed by atoms with van der Waals surface area (Å²) in [6, 6.07) is 23.7. The molecule has 3 aromatic rings. The van der Waals surface area contributed by atoms with Crippen LogP contribution in [0, 0.1) is 11.3 Å². The van der Waals surface area contributed by atoms with E-state index in [0.29, 0.717) is 5.69 Å². The fraction of sp³-hybridized carbons (Fsp3) is 0.0526. The number of urea groups is 1. The van der Waals surface area contributed by atoms with Crippen LogP contribution < -0.4 is 10.6 Å². The van der Waals surface area contributed by atoms with Crippen LogP contribution in [-0.2, 0) is 0 Å². The van der Waals surface area contributed by atoms with Crippen molar-refractivity contribution in [1.82, 2.24) is 5.32 Å². The van der Waals surface area contributed by atoms with Gasteiger partial charge in [0.05, 0.1) is 11.8 Å². The van der Waals surface area contributed by atoms with E-state index in [0.717, 1.165) is 16.3 Å². The number of rotatable bonds is 3. The zero-order valence-electron chi connectivity index (χ0n) is 12.4. The zero-order valence-corrected chi connectivity index (χ0v) is 12.4. The van der Waals surface area contributed by atoms with Crippen molar-refractivity contribution in [2.24, 2.45) is 0 Å². The van der Waals surface area contributed by atoms with Crippen LogP contribution in [-0.4, -0.2) is 6.03 Å².